The van der Waals surface area contributed by atoms with Gasteiger partial charge in [-0.25, -0.2) is 0 Å². The van der Waals surface area contributed by atoms with Gasteiger partial charge in [-0.05, 0) is 121 Å². The maximum absolute atomic E-state index is 13.0. The average Bonchev–Trinajstić information content (AvgIpc) is 3.47. The van der Waals surface area contributed by atoms with Gasteiger partial charge in [0, 0.05) is 54.0 Å². The summed E-state index contributed by atoms with van der Waals surface area (Å²) in [4.78, 5) is 13.0. The Morgan fingerprint density at radius 2 is 0.975 bits per heavy atom. The van der Waals surface area contributed by atoms with Crippen LogP contribution < -0.4 is 5.32 Å². The van der Waals surface area contributed by atoms with Gasteiger partial charge in [0.25, 0.3) is 5.91 Å². The normalized spacial score (nSPS) is 27.4. The Kier molecular flexibility index (Phi) is 35.0. The molecule has 2 heterocycles. The smallest absolute Gasteiger partial charge is 0.297 e. The summed E-state index contributed by atoms with van der Waals surface area (Å²) in [6.07, 6.45) is -8.46. The maximum Gasteiger partial charge on any atom is 0.297 e. The van der Waals surface area contributed by atoms with Crippen LogP contribution in [-0.2, 0) is 28.5 Å². The van der Waals surface area contributed by atoms with Gasteiger partial charge in [-0.2, -0.15) is 0 Å². The van der Waals surface area contributed by atoms with Crippen LogP contribution in [-0.4, -0.2) is 186 Å². The standard InChI is InChI=1S/C63H71NO17/c1-3-5-7-9-11-13-15-17-18-19-20-21-22-23-24-25-26-28-30-32-34-36-38-40-52(69)64-47(48(68)39-37-35-33-31-29-27-16-14-12-10-8-6-4-2)45-77-49-41-46(42-65)60(57(74)53(49)70)80-63-59(76)61(55(72)51(44-67)79-63)81-62-58(75)56(73)54(71)50(43-66)78-62/h37,39,46-51,53-63,65-68,70-76H,4,6,8,10,12,14,16,27,29,31,33,35,41-45H2,1-2H3,(H,64,69)/b39-37+/t46?,47-,48+,49?,50?,51?,53?,54?,55?,56?,57?,58?,59?,60?,61?,62?,63?/m0/s1. The third-order valence-corrected chi connectivity index (χ3v) is 12.7. The van der Waals surface area contributed by atoms with Crippen LogP contribution in [0.1, 0.15) is 97.3 Å². The largest absolute Gasteiger partial charge is 0.396 e. The van der Waals surface area contributed by atoms with E-state index >= 15 is 0 Å². The number of carbonyl (C=O) groups is 1. The molecule has 17 atom stereocenters. The minimum Gasteiger partial charge on any atom is -0.396 e. The van der Waals surface area contributed by atoms with Gasteiger partial charge in [0.15, 0.2) is 12.6 Å². The lowest BCUT2D eigenvalue weighted by atomic mass is 9.80. The number of hydrogen-bond donors (Lipinski definition) is 12. The number of unbranched alkanes of at least 4 members (excludes halogenated alkanes) is 11. The highest BCUT2D eigenvalue weighted by atomic mass is 16.7. The van der Waals surface area contributed by atoms with Crippen molar-refractivity contribution in [2.24, 2.45) is 5.92 Å². The molecule has 1 saturated carbocycles. The third-order valence-electron chi connectivity index (χ3n) is 12.7. The van der Waals surface area contributed by atoms with Crippen molar-refractivity contribution in [2.45, 2.75) is 195 Å². The first-order valence-electron chi connectivity index (χ1n) is 26.7. The van der Waals surface area contributed by atoms with Gasteiger partial charge in [-0.15, -0.1) is 0 Å². The fourth-order valence-electron chi connectivity index (χ4n) is 8.35. The Balaban J connectivity index is 1.66. The molecule has 0 aromatic carbocycles. The molecule has 0 aromatic rings. The van der Waals surface area contributed by atoms with Gasteiger partial charge in [0.2, 0.25) is 0 Å². The second-order valence-electron chi connectivity index (χ2n) is 18.6. The van der Waals surface area contributed by atoms with E-state index in [9.17, 15) is 61.0 Å². The molecule has 2 saturated heterocycles. The van der Waals surface area contributed by atoms with Crippen LogP contribution in [0.4, 0.5) is 0 Å². The second-order valence-corrected chi connectivity index (χ2v) is 18.6. The fraction of sp³-hybridized carbons (Fsp3) is 0.571. The number of aliphatic hydroxyl groups excluding tert-OH is 11. The van der Waals surface area contributed by atoms with Gasteiger partial charge < -0.3 is 85.2 Å². The summed E-state index contributed by atoms with van der Waals surface area (Å²) in [5.74, 6) is 57.6. The lowest BCUT2D eigenvalue weighted by Gasteiger charge is -2.48. The lowest BCUT2D eigenvalue weighted by Crippen LogP contribution is -2.66. The Hall–Kier alpha value is -6.71. The number of amides is 1. The molecule has 0 aromatic heterocycles. The highest BCUT2D eigenvalue weighted by Gasteiger charge is 2.53. The molecule has 0 radical (unpaired) electrons. The summed E-state index contributed by atoms with van der Waals surface area (Å²) in [7, 11) is 0. The molecule has 1 aliphatic carbocycles. The molecule has 430 valence electrons. The zero-order chi connectivity index (χ0) is 59.0. The minimum absolute atomic E-state index is 0.181. The van der Waals surface area contributed by atoms with Crippen LogP contribution in [0, 0.1) is 148 Å². The predicted octanol–water partition coefficient (Wildman–Crippen LogP) is -1.72. The van der Waals surface area contributed by atoms with E-state index in [-0.39, 0.29) is 6.42 Å². The molecular formula is C63H71NO17. The molecule has 18 heteroatoms. The van der Waals surface area contributed by atoms with Crippen molar-refractivity contribution in [1.29, 1.82) is 0 Å². The van der Waals surface area contributed by atoms with Crippen LogP contribution in [0.15, 0.2) is 12.2 Å². The first-order valence-corrected chi connectivity index (χ1v) is 26.7. The van der Waals surface area contributed by atoms with Gasteiger partial charge in [-0.1, -0.05) is 89.2 Å². The highest BCUT2D eigenvalue weighted by Crippen LogP contribution is 2.35. The summed E-state index contributed by atoms with van der Waals surface area (Å²) in [6, 6.07) is -1.14. The monoisotopic (exact) mass is 1110 g/mol. The van der Waals surface area contributed by atoms with Crippen molar-refractivity contribution in [2.75, 3.05) is 26.4 Å². The van der Waals surface area contributed by atoms with Crippen molar-refractivity contribution in [3.8, 4) is 142 Å². The number of rotatable bonds is 25. The van der Waals surface area contributed by atoms with Crippen molar-refractivity contribution < 1.29 is 84.7 Å². The summed E-state index contributed by atoms with van der Waals surface area (Å²) < 4.78 is 28.6. The molecule has 3 rings (SSSR count). The van der Waals surface area contributed by atoms with E-state index in [0.29, 0.717) is 6.42 Å². The van der Waals surface area contributed by atoms with E-state index in [1.807, 2.05) is 0 Å². The number of allylic oxidation sites excluding steroid dienone is 1. The maximum atomic E-state index is 13.0. The van der Waals surface area contributed by atoms with E-state index < -0.39 is 136 Å². The molecule has 18 nitrogen and oxygen atoms in total. The molecule has 81 heavy (non-hydrogen) atoms. The number of aliphatic hydroxyl groups is 11. The zero-order valence-electron chi connectivity index (χ0n) is 45.4. The molecule has 1 amide bonds. The van der Waals surface area contributed by atoms with Crippen molar-refractivity contribution in [3.63, 3.8) is 0 Å². The Morgan fingerprint density at radius 3 is 1.46 bits per heavy atom. The zero-order valence-corrected chi connectivity index (χ0v) is 45.4. The van der Waals surface area contributed by atoms with E-state index in [1.54, 1.807) is 13.0 Å². The first-order chi connectivity index (χ1) is 39.3. The second kappa shape index (κ2) is 41.3. The van der Waals surface area contributed by atoms with Crippen molar-refractivity contribution >= 4 is 5.91 Å². The van der Waals surface area contributed by atoms with E-state index in [2.05, 4.69) is 154 Å². The van der Waals surface area contributed by atoms with E-state index in [0.717, 1.165) is 25.7 Å². The molecule has 15 unspecified atom stereocenters. The van der Waals surface area contributed by atoms with Gasteiger partial charge in [0.1, 0.15) is 61.0 Å². The molecule has 2 aliphatic heterocycles. The number of ether oxygens (including phenoxy) is 5. The molecule has 3 aliphatic rings. The summed E-state index contributed by atoms with van der Waals surface area (Å²) >= 11 is 0. The lowest BCUT2D eigenvalue weighted by molar-refractivity contribution is -0.370. The number of carbonyl (C=O) groups excluding carboxylic acids is 1. The predicted molar refractivity (Wildman–Crippen MR) is 295 cm³/mol. The van der Waals surface area contributed by atoms with Crippen LogP contribution in [0.25, 0.3) is 0 Å². The van der Waals surface area contributed by atoms with Gasteiger partial charge >= 0.3 is 0 Å². The van der Waals surface area contributed by atoms with E-state index in [1.165, 1.54) is 51.0 Å². The van der Waals surface area contributed by atoms with E-state index in [4.69, 9.17) is 23.7 Å². The third kappa shape index (κ3) is 25.7. The summed E-state index contributed by atoms with van der Waals surface area (Å²) in [5.41, 5.74) is 0. The Bertz CT molecular complexity index is 2810. The Labute approximate surface area is 476 Å². The number of nitrogens with one attached hydrogen (secondary N) is 1. The van der Waals surface area contributed by atoms with Gasteiger partial charge in [0.05, 0.1) is 44.2 Å². The van der Waals surface area contributed by atoms with Crippen LogP contribution in [0.3, 0.4) is 0 Å². The molecular weight excluding hydrogens is 1040 g/mol. The molecule has 12 N–H and O–H groups in total. The SMILES string of the molecule is CC#CC#CC#CC#CC#CC#CC#CC#CC#CC#CC#CC#CC(=O)N[C@@H](COC1CC(CO)C(OC2OC(CO)C(O)C(OC3OC(CO)C(O)C(O)C3O)C2O)C(O)C1O)[C@H](O)/C=C/CCCCCCCCCCCCC. The van der Waals surface area contributed by atoms with Crippen LogP contribution in [0.2, 0.25) is 0 Å². The van der Waals surface area contributed by atoms with Gasteiger partial charge in [-0.3, -0.25) is 4.79 Å². The summed E-state index contributed by atoms with van der Waals surface area (Å²) in [5, 5.41) is 120. The topological polar surface area (TPSA) is 298 Å². The summed E-state index contributed by atoms with van der Waals surface area (Å²) in [6.45, 7) is 1.14. The van der Waals surface area contributed by atoms with Crippen LogP contribution in [0.5, 0.6) is 0 Å². The molecule has 0 spiro atoms. The van der Waals surface area contributed by atoms with Crippen molar-refractivity contribution in [1.82, 2.24) is 5.32 Å². The average molecular weight is 1110 g/mol. The quantitative estimate of drug-likeness (QED) is 0.0275. The first kappa shape index (κ1) is 68.6. The minimum atomic E-state index is -1.96. The van der Waals surface area contributed by atoms with Crippen LogP contribution >= 0.6 is 0 Å². The highest BCUT2D eigenvalue weighted by molar-refractivity contribution is 5.94. The fourth-order valence-corrected chi connectivity index (χ4v) is 8.35. The molecule has 0 bridgehead atoms. The number of hydrogen-bond acceptors (Lipinski definition) is 17. The van der Waals surface area contributed by atoms with Crippen molar-refractivity contribution in [3.05, 3.63) is 12.2 Å². The Morgan fingerprint density at radius 1 is 0.531 bits per heavy atom. The molecule has 3 fully saturated rings.